The molecule has 0 atom stereocenters. The van der Waals surface area contributed by atoms with Crippen molar-refractivity contribution >= 4 is 51.5 Å². The molecule has 0 saturated carbocycles. The van der Waals surface area contributed by atoms with Gasteiger partial charge in [0.05, 0.1) is 21.7 Å². The van der Waals surface area contributed by atoms with Crippen LogP contribution in [0.1, 0.15) is 12.7 Å². The standard InChI is InChI=1S/C19H15Cl2N5O2/c1-2-16-23-24-18-19(28)25(14-5-3-4-6-15(14)26(16)18)10-17(27)22-13-9-11(20)7-8-12(13)21/h3-9H,2,10H2,1H3,(H,22,27). The highest BCUT2D eigenvalue weighted by Crippen LogP contribution is 2.25. The lowest BCUT2D eigenvalue weighted by Crippen LogP contribution is -2.29. The molecule has 2 heterocycles. The second kappa shape index (κ2) is 7.26. The van der Waals surface area contributed by atoms with Gasteiger partial charge in [0.2, 0.25) is 11.6 Å². The number of nitrogens with one attached hydrogen (secondary N) is 1. The second-order valence-electron chi connectivity index (χ2n) is 6.18. The number of aromatic nitrogens is 4. The highest BCUT2D eigenvalue weighted by molar-refractivity contribution is 6.35. The average molecular weight is 416 g/mol. The predicted octanol–water partition coefficient (Wildman–Crippen LogP) is 3.55. The molecular formula is C19H15Cl2N5O2. The van der Waals surface area contributed by atoms with Gasteiger partial charge in [-0.15, -0.1) is 10.2 Å². The van der Waals surface area contributed by atoms with Gasteiger partial charge < -0.3 is 5.32 Å². The van der Waals surface area contributed by atoms with E-state index in [2.05, 4.69) is 15.5 Å². The van der Waals surface area contributed by atoms with Crippen LogP contribution in [0.25, 0.3) is 16.7 Å². The minimum atomic E-state index is -0.406. The Hall–Kier alpha value is -2.90. The molecule has 28 heavy (non-hydrogen) atoms. The fourth-order valence-corrected chi connectivity index (χ4v) is 3.47. The Morgan fingerprint density at radius 2 is 1.86 bits per heavy atom. The number of halogens is 2. The van der Waals surface area contributed by atoms with E-state index in [0.29, 0.717) is 33.5 Å². The van der Waals surface area contributed by atoms with E-state index < -0.39 is 11.5 Å². The van der Waals surface area contributed by atoms with E-state index in [1.807, 2.05) is 25.1 Å². The molecule has 1 N–H and O–H groups in total. The summed E-state index contributed by atoms with van der Waals surface area (Å²) in [5, 5.41) is 11.6. The van der Waals surface area contributed by atoms with E-state index in [4.69, 9.17) is 23.2 Å². The molecule has 0 radical (unpaired) electrons. The Labute approximate surface area is 169 Å². The minimum absolute atomic E-state index is 0.184. The van der Waals surface area contributed by atoms with Gasteiger partial charge in [-0.25, -0.2) is 0 Å². The number of anilines is 1. The second-order valence-corrected chi connectivity index (χ2v) is 7.02. The van der Waals surface area contributed by atoms with Crippen LogP contribution in [0.3, 0.4) is 0 Å². The number of rotatable bonds is 4. The number of aryl methyl sites for hydroxylation is 1. The maximum Gasteiger partial charge on any atom is 0.297 e. The largest absolute Gasteiger partial charge is 0.323 e. The smallest absolute Gasteiger partial charge is 0.297 e. The molecule has 0 aliphatic heterocycles. The van der Waals surface area contributed by atoms with Crippen molar-refractivity contribution in [3.8, 4) is 0 Å². The topological polar surface area (TPSA) is 81.3 Å². The van der Waals surface area contributed by atoms with Gasteiger partial charge in [0.15, 0.2) is 0 Å². The Morgan fingerprint density at radius 3 is 2.61 bits per heavy atom. The van der Waals surface area contributed by atoms with Crippen molar-refractivity contribution < 1.29 is 4.79 Å². The first-order chi connectivity index (χ1) is 13.5. The number of para-hydroxylation sites is 2. The first-order valence-electron chi connectivity index (χ1n) is 8.60. The number of nitrogens with zero attached hydrogens (tertiary/aromatic N) is 4. The third-order valence-electron chi connectivity index (χ3n) is 4.40. The lowest BCUT2D eigenvalue weighted by Gasteiger charge is -2.13. The molecule has 0 aliphatic carbocycles. The molecule has 0 spiro atoms. The van der Waals surface area contributed by atoms with Gasteiger partial charge in [-0.2, -0.15) is 0 Å². The predicted molar refractivity (Wildman–Crippen MR) is 109 cm³/mol. The molecule has 0 unspecified atom stereocenters. The molecule has 9 heteroatoms. The molecule has 4 aromatic rings. The van der Waals surface area contributed by atoms with Crippen LogP contribution in [0.15, 0.2) is 47.3 Å². The van der Waals surface area contributed by atoms with Crippen molar-refractivity contribution in [2.75, 3.05) is 5.32 Å². The van der Waals surface area contributed by atoms with Gasteiger partial charge >= 0.3 is 0 Å². The third-order valence-corrected chi connectivity index (χ3v) is 4.97. The summed E-state index contributed by atoms with van der Waals surface area (Å²) in [6.45, 7) is 1.74. The number of benzene rings is 2. The van der Waals surface area contributed by atoms with Crippen LogP contribution < -0.4 is 10.9 Å². The molecule has 2 aromatic heterocycles. The van der Waals surface area contributed by atoms with E-state index in [-0.39, 0.29) is 12.2 Å². The van der Waals surface area contributed by atoms with Gasteiger partial charge in [-0.05, 0) is 30.3 Å². The summed E-state index contributed by atoms with van der Waals surface area (Å²) in [6, 6.07) is 12.1. The number of hydrogen-bond donors (Lipinski definition) is 1. The lowest BCUT2D eigenvalue weighted by atomic mass is 10.2. The highest BCUT2D eigenvalue weighted by Gasteiger charge is 2.17. The molecule has 1 amide bonds. The molecule has 0 saturated heterocycles. The number of hydrogen-bond acceptors (Lipinski definition) is 4. The molecule has 7 nitrogen and oxygen atoms in total. The quantitative estimate of drug-likeness (QED) is 0.552. The molecule has 2 aromatic carbocycles. The number of fused-ring (bicyclic) bond motifs is 3. The van der Waals surface area contributed by atoms with Gasteiger partial charge in [0.1, 0.15) is 12.4 Å². The fraction of sp³-hybridized carbons (Fsp3) is 0.158. The van der Waals surface area contributed by atoms with Crippen molar-refractivity contribution in [3.63, 3.8) is 0 Å². The van der Waals surface area contributed by atoms with E-state index >= 15 is 0 Å². The SMILES string of the molecule is CCc1nnc2c(=O)n(CC(=O)Nc3cc(Cl)ccc3Cl)c3ccccc3n12. The van der Waals surface area contributed by atoms with Crippen molar-refractivity contribution in [1.82, 2.24) is 19.2 Å². The van der Waals surface area contributed by atoms with Gasteiger partial charge in [-0.3, -0.25) is 18.6 Å². The molecule has 0 aliphatic rings. The van der Waals surface area contributed by atoms with Crippen LogP contribution in [0.5, 0.6) is 0 Å². The van der Waals surface area contributed by atoms with Crippen LogP contribution in [-0.2, 0) is 17.8 Å². The first-order valence-corrected chi connectivity index (χ1v) is 9.35. The van der Waals surface area contributed by atoms with Crippen LogP contribution in [0, 0.1) is 0 Å². The average Bonchev–Trinajstić information content (AvgIpc) is 3.12. The molecule has 0 fully saturated rings. The van der Waals surface area contributed by atoms with Gasteiger partial charge in [0, 0.05) is 11.4 Å². The molecule has 4 rings (SSSR count). The normalized spacial score (nSPS) is 11.2. The number of carbonyl (C=O) groups is 1. The Morgan fingerprint density at radius 1 is 1.11 bits per heavy atom. The van der Waals surface area contributed by atoms with Crippen molar-refractivity contribution in [1.29, 1.82) is 0 Å². The van der Waals surface area contributed by atoms with Crippen LogP contribution in [-0.4, -0.2) is 25.1 Å². The summed E-state index contributed by atoms with van der Waals surface area (Å²) in [7, 11) is 0. The van der Waals surface area contributed by atoms with Crippen molar-refractivity contribution in [2.45, 2.75) is 19.9 Å². The Kier molecular flexibility index (Phi) is 4.78. The zero-order valence-electron chi connectivity index (χ0n) is 14.8. The third kappa shape index (κ3) is 3.12. The monoisotopic (exact) mass is 415 g/mol. The zero-order chi connectivity index (χ0) is 19.8. The van der Waals surface area contributed by atoms with E-state index in [9.17, 15) is 9.59 Å². The van der Waals surface area contributed by atoms with Crippen molar-refractivity contribution in [2.24, 2.45) is 0 Å². The lowest BCUT2D eigenvalue weighted by molar-refractivity contribution is -0.116. The molecular weight excluding hydrogens is 401 g/mol. The molecule has 0 bridgehead atoms. The van der Waals surface area contributed by atoms with Crippen LogP contribution in [0.4, 0.5) is 5.69 Å². The Balaban J connectivity index is 1.80. The van der Waals surface area contributed by atoms with E-state index in [1.165, 1.54) is 4.57 Å². The van der Waals surface area contributed by atoms with Gasteiger partial charge in [0.25, 0.3) is 5.56 Å². The van der Waals surface area contributed by atoms with Crippen LogP contribution in [0.2, 0.25) is 10.0 Å². The van der Waals surface area contributed by atoms with E-state index in [1.54, 1.807) is 28.7 Å². The Bertz CT molecular complexity index is 1280. The van der Waals surface area contributed by atoms with Crippen molar-refractivity contribution in [3.05, 3.63) is 68.7 Å². The number of amides is 1. The van der Waals surface area contributed by atoms with E-state index in [0.717, 1.165) is 5.52 Å². The summed E-state index contributed by atoms with van der Waals surface area (Å²) < 4.78 is 3.12. The minimum Gasteiger partial charge on any atom is -0.323 e. The highest BCUT2D eigenvalue weighted by atomic mass is 35.5. The summed E-state index contributed by atoms with van der Waals surface area (Å²) in [4.78, 5) is 25.6. The summed E-state index contributed by atoms with van der Waals surface area (Å²) in [5.41, 5.74) is 1.55. The molecule has 142 valence electrons. The number of carbonyl (C=O) groups excluding carboxylic acids is 1. The maximum absolute atomic E-state index is 13.0. The van der Waals surface area contributed by atoms with Crippen LogP contribution >= 0.6 is 23.2 Å². The summed E-state index contributed by atoms with van der Waals surface area (Å²) >= 11 is 12.1. The zero-order valence-corrected chi connectivity index (χ0v) is 16.3. The fourth-order valence-electron chi connectivity index (χ4n) is 3.13. The summed E-state index contributed by atoms with van der Waals surface area (Å²) in [5.74, 6) is 0.279. The maximum atomic E-state index is 13.0. The summed E-state index contributed by atoms with van der Waals surface area (Å²) in [6.07, 6.45) is 0.627. The first kappa shape index (κ1) is 18.5. The van der Waals surface area contributed by atoms with Gasteiger partial charge in [-0.1, -0.05) is 42.3 Å².